The first kappa shape index (κ1) is 15.2. The number of halogens is 1. The van der Waals surface area contributed by atoms with E-state index in [1.165, 1.54) is 0 Å². The van der Waals surface area contributed by atoms with E-state index in [1.54, 1.807) is 18.3 Å². The second-order valence-electron chi connectivity index (χ2n) is 4.71. The molecule has 106 valence electrons. The van der Waals surface area contributed by atoms with Gasteiger partial charge in [0.2, 0.25) is 0 Å². The summed E-state index contributed by atoms with van der Waals surface area (Å²) in [6.45, 7) is 2.05. The van der Waals surface area contributed by atoms with Crippen LogP contribution in [0.1, 0.15) is 30.0 Å². The summed E-state index contributed by atoms with van der Waals surface area (Å²) >= 11 is 6.09. The van der Waals surface area contributed by atoms with Gasteiger partial charge < -0.3 is 5.11 Å². The molecule has 2 rings (SSSR count). The van der Waals surface area contributed by atoms with Crippen LogP contribution in [-0.4, -0.2) is 11.3 Å². The summed E-state index contributed by atoms with van der Waals surface area (Å²) < 4.78 is 0. The molecular weight excluding hydrogens is 282 g/mol. The zero-order valence-electron chi connectivity index (χ0n) is 11.8. The van der Waals surface area contributed by atoms with Crippen molar-refractivity contribution in [3.8, 4) is 18.1 Å². The molecule has 0 aliphatic carbocycles. The minimum absolute atomic E-state index is 0.234. The Hall–Kier alpha value is -2.24. The Morgan fingerprint density at radius 2 is 2.14 bits per heavy atom. The van der Waals surface area contributed by atoms with Crippen molar-refractivity contribution in [2.75, 3.05) is 0 Å². The van der Waals surface area contributed by atoms with E-state index in [4.69, 9.17) is 18.0 Å². The highest BCUT2D eigenvalue weighted by Gasteiger charge is 2.07. The molecule has 0 spiro atoms. The summed E-state index contributed by atoms with van der Waals surface area (Å²) in [5.74, 6) is 2.80. The Balaban J connectivity index is 2.34. The number of rotatable bonds is 4. The van der Waals surface area contributed by atoms with Crippen LogP contribution in [0.3, 0.4) is 0 Å². The number of phenolic OH excluding ortho intramolecular Hbond substituents is 1. The normalized spacial score (nSPS) is 10.7. The summed E-state index contributed by atoms with van der Waals surface area (Å²) in [5, 5.41) is 10.8. The van der Waals surface area contributed by atoms with Crippen molar-refractivity contribution < 1.29 is 5.11 Å². The van der Waals surface area contributed by atoms with Crippen LogP contribution in [0.15, 0.2) is 41.4 Å². The zero-order chi connectivity index (χ0) is 15.2. The molecule has 0 aliphatic rings. The molecule has 0 atom stereocenters. The van der Waals surface area contributed by atoms with E-state index in [1.807, 2.05) is 24.3 Å². The molecule has 0 aromatic heterocycles. The van der Waals surface area contributed by atoms with Gasteiger partial charge in [-0.05, 0) is 42.3 Å². The highest BCUT2D eigenvalue weighted by atomic mass is 35.5. The molecule has 0 unspecified atom stereocenters. The van der Waals surface area contributed by atoms with Crippen LogP contribution < -0.4 is 0 Å². The topological polar surface area (TPSA) is 32.6 Å². The van der Waals surface area contributed by atoms with Crippen molar-refractivity contribution in [1.82, 2.24) is 0 Å². The molecule has 0 saturated heterocycles. The molecule has 2 nitrogen and oxygen atoms in total. The minimum Gasteiger partial charge on any atom is -0.507 e. The van der Waals surface area contributed by atoms with Crippen molar-refractivity contribution in [1.29, 1.82) is 0 Å². The highest BCUT2D eigenvalue weighted by Crippen LogP contribution is 2.27. The van der Waals surface area contributed by atoms with Gasteiger partial charge in [0.1, 0.15) is 5.75 Å². The monoisotopic (exact) mass is 297 g/mol. The van der Waals surface area contributed by atoms with Crippen molar-refractivity contribution in [2.24, 2.45) is 4.99 Å². The first-order chi connectivity index (χ1) is 10.1. The maximum absolute atomic E-state index is 10.2. The third kappa shape index (κ3) is 3.87. The molecule has 0 bridgehead atoms. The number of aryl methyl sites for hydroxylation is 1. The van der Waals surface area contributed by atoms with Gasteiger partial charge in [-0.15, -0.1) is 6.42 Å². The smallest absolute Gasteiger partial charge is 0.127 e. The van der Waals surface area contributed by atoms with Crippen LogP contribution in [0.2, 0.25) is 5.02 Å². The van der Waals surface area contributed by atoms with Crippen molar-refractivity contribution in [3.05, 3.63) is 58.1 Å². The van der Waals surface area contributed by atoms with Gasteiger partial charge in [0.15, 0.2) is 0 Å². The Morgan fingerprint density at radius 1 is 1.33 bits per heavy atom. The summed E-state index contributed by atoms with van der Waals surface area (Å²) in [6, 6.07) is 10.8. The lowest BCUT2D eigenvalue weighted by molar-refractivity contribution is 0.467. The number of nitrogens with zero attached hydrogens (tertiary/aromatic N) is 1. The molecule has 2 aromatic carbocycles. The van der Waals surface area contributed by atoms with Gasteiger partial charge in [0.05, 0.1) is 5.69 Å². The fraction of sp³-hybridized carbons (Fsp3) is 0.167. The van der Waals surface area contributed by atoms with E-state index < -0.39 is 0 Å². The SMILES string of the molecule is C#Cc1cccc(N=Cc2cc(Cl)cc(CCC)c2O)c1. The molecule has 21 heavy (non-hydrogen) atoms. The van der Waals surface area contributed by atoms with Crippen molar-refractivity contribution in [3.63, 3.8) is 0 Å². The van der Waals surface area contributed by atoms with Gasteiger partial charge in [-0.1, -0.05) is 36.9 Å². The predicted molar refractivity (Wildman–Crippen MR) is 88.7 cm³/mol. The predicted octanol–water partition coefficient (Wildman–Crippen LogP) is 4.73. The third-order valence-corrected chi connectivity index (χ3v) is 3.29. The van der Waals surface area contributed by atoms with Crippen molar-refractivity contribution in [2.45, 2.75) is 19.8 Å². The lowest BCUT2D eigenvalue weighted by atomic mass is 10.1. The fourth-order valence-electron chi connectivity index (χ4n) is 2.06. The number of phenols is 1. The molecule has 0 saturated carbocycles. The van der Waals surface area contributed by atoms with Gasteiger partial charge in [-0.2, -0.15) is 0 Å². The first-order valence-electron chi connectivity index (χ1n) is 6.76. The number of terminal acetylenes is 1. The van der Waals surface area contributed by atoms with Gasteiger partial charge in [0, 0.05) is 22.4 Å². The maximum Gasteiger partial charge on any atom is 0.127 e. The summed E-state index contributed by atoms with van der Waals surface area (Å²) in [7, 11) is 0. The Labute approximate surface area is 130 Å². The molecule has 3 heteroatoms. The Morgan fingerprint density at radius 3 is 2.86 bits per heavy atom. The largest absolute Gasteiger partial charge is 0.507 e. The van der Waals surface area contributed by atoms with Crippen LogP contribution in [0.5, 0.6) is 5.75 Å². The van der Waals surface area contributed by atoms with E-state index in [0.717, 1.165) is 29.7 Å². The standard InChI is InChI=1S/C18H16ClNO/c1-3-6-14-10-16(19)11-15(18(14)21)12-20-17-8-5-7-13(4-2)9-17/h2,5,7-12,21H,3,6H2,1H3. The highest BCUT2D eigenvalue weighted by molar-refractivity contribution is 6.31. The molecule has 0 aliphatic heterocycles. The number of aromatic hydroxyl groups is 1. The van der Waals surface area contributed by atoms with Gasteiger partial charge in [-0.3, -0.25) is 4.99 Å². The quantitative estimate of drug-likeness (QED) is 0.642. The summed E-state index contributed by atoms with van der Waals surface area (Å²) in [6.07, 6.45) is 8.69. The number of hydrogen-bond donors (Lipinski definition) is 1. The second kappa shape index (κ2) is 6.97. The Bertz CT molecular complexity index is 714. The molecular formula is C18H16ClNO. The molecule has 0 fully saturated rings. The zero-order valence-corrected chi connectivity index (χ0v) is 12.6. The lowest BCUT2D eigenvalue weighted by Gasteiger charge is -2.07. The van der Waals surface area contributed by atoms with E-state index in [9.17, 15) is 5.11 Å². The van der Waals surface area contributed by atoms with Crippen molar-refractivity contribution >= 4 is 23.5 Å². The maximum atomic E-state index is 10.2. The first-order valence-corrected chi connectivity index (χ1v) is 7.14. The molecule has 0 heterocycles. The molecule has 2 aromatic rings. The van der Waals surface area contributed by atoms with E-state index in [2.05, 4.69) is 17.8 Å². The minimum atomic E-state index is 0.234. The van der Waals surface area contributed by atoms with E-state index in [0.29, 0.717) is 10.6 Å². The summed E-state index contributed by atoms with van der Waals surface area (Å²) in [4.78, 5) is 4.35. The van der Waals surface area contributed by atoms with Crippen LogP contribution >= 0.6 is 11.6 Å². The average molecular weight is 298 g/mol. The molecule has 0 radical (unpaired) electrons. The van der Waals surface area contributed by atoms with Gasteiger partial charge in [-0.25, -0.2) is 0 Å². The second-order valence-corrected chi connectivity index (χ2v) is 5.14. The fourth-order valence-corrected chi connectivity index (χ4v) is 2.31. The van der Waals surface area contributed by atoms with E-state index in [-0.39, 0.29) is 5.75 Å². The molecule has 1 N–H and O–H groups in total. The number of benzene rings is 2. The number of aliphatic imine (C=N–C) groups is 1. The van der Waals surface area contributed by atoms with Crippen LogP contribution in [-0.2, 0) is 6.42 Å². The third-order valence-electron chi connectivity index (χ3n) is 3.07. The van der Waals surface area contributed by atoms with Crippen LogP contribution in [0, 0.1) is 12.3 Å². The van der Waals surface area contributed by atoms with Crippen LogP contribution in [0.25, 0.3) is 0 Å². The van der Waals surface area contributed by atoms with Gasteiger partial charge >= 0.3 is 0 Å². The summed E-state index contributed by atoms with van der Waals surface area (Å²) in [5.41, 5.74) is 2.95. The van der Waals surface area contributed by atoms with Crippen LogP contribution in [0.4, 0.5) is 5.69 Å². The number of hydrogen-bond acceptors (Lipinski definition) is 2. The lowest BCUT2D eigenvalue weighted by Crippen LogP contribution is -1.91. The average Bonchev–Trinajstić information content (AvgIpc) is 2.49. The van der Waals surface area contributed by atoms with E-state index >= 15 is 0 Å². The Kier molecular flexibility index (Phi) is 5.03. The molecule has 0 amide bonds. The van der Waals surface area contributed by atoms with Gasteiger partial charge in [0.25, 0.3) is 0 Å².